The van der Waals surface area contributed by atoms with Crippen molar-refractivity contribution in [2.24, 2.45) is 0 Å². The molecule has 13 N–H and O–H groups in total. The van der Waals surface area contributed by atoms with Gasteiger partial charge in [-0.2, -0.15) is 0 Å². The Morgan fingerprint density at radius 1 is 0.630 bits per heavy atom. The zero-order valence-electron chi connectivity index (χ0n) is 28.0. The van der Waals surface area contributed by atoms with E-state index in [1.807, 2.05) is 0 Å². The number of aliphatic hydroxyl groups excluding tert-OH is 10. The molecule has 54 heavy (non-hydrogen) atoms. The molecule has 21 nitrogen and oxygen atoms in total. The quantitative estimate of drug-likeness (QED) is 0.0917. The van der Waals surface area contributed by atoms with E-state index in [-0.39, 0.29) is 11.3 Å². The van der Waals surface area contributed by atoms with E-state index >= 15 is 0 Å². The van der Waals surface area contributed by atoms with E-state index in [1.54, 1.807) is 0 Å². The first-order chi connectivity index (χ1) is 25.6. The van der Waals surface area contributed by atoms with Crippen LogP contribution in [0.3, 0.4) is 0 Å². The third-order valence-electron chi connectivity index (χ3n) is 9.40. The number of aromatic hydroxyl groups is 3. The standard InChI is InChI=1S/C33H40O21/c1-9-19(39)23(43)26(46)31(48-9)54-30-25(45)21(41)17(8-35)52-33(30)53-29-22(42)18-14(38)5-11(49-32-27(47)24(44)20(40)16(7-34)51-32)6-15(18)50-28(29)10-2-3-12(36)13(37)4-10/h2-6,9,16-17,19-21,23-27,30-41,43-47H,7-8H2,1H3/t9?,16?,17?,19-,20+,21-,23?,24-,25?,26-,27?,30?,31-,32+,33-/m0/s1. The molecule has 3 aliphatic heterocycles. The Kier molecular flexibility index (Phi) is 11.5. The lowest BCUT2D eigenvalue weighted by molar-refractivity contribution is -0.354. The average molecular weight is 773 g/mol. The monoisotopic (exact) mass is 772 g/mol. The van der Waals surface area contributed by atoms with Crippen LogP contribution in [0.4, 0.5) is 0 Å². The molecule has 0 bridgehead atoms. The fourth-order valence-corrected chi connectivity index (χ4v) is 6.28. The lowest BCUT2D eigenvalue weighted by atomic mass is 9.97. The number of ether oxygens (including phenoxy) is 6. The molecule has 3 aliphatic rings. The van der Waals surface area contributed by atoms with Crippen molar-refractivity contribution >= 4 is 11.0 Å². The highest BCUT2D eigenvalue weighted by atomic mass is 16.8. The number of phenolic OH excluding ortho intramolecular Hbond substituents is 3. The minimum Gasteiger partial charge on any atom is -0.507 e. The zero-order valence-corrected chi connectivity index (χ0v) is 28.0. The fourth-order valence-electron chi connectivity index (χ4n) is 6.28. The maximum absolute atomic E-state index is 14.2. The Morgan fingerprint density at radius 3 is 1.89 bits per heavy atom. The molecule has 4 heterocycles. The van der Waals surface area contributed by atoms with Gasteiger partial charge in [0.05, 0.1) is 19.3 Å². The van der Waals surface area contributed by atoms with Gasteiger partial charge in [-0.15, -0.1) is 0 Å². The van der Waals surface area contributed by atoms with Gasteiger partial charge in [0.15, 0.2) is 29.7 Å². The van der Waals surface area contributed by atoms with Crippen LogP contribution in [0, 0.1) is 0 Å². The molecule has 3 saturated heterocycles. The molecule has 0 spiro atoms. The molecule has 2 aromatic carbocycles. The van der Waals surface area contributed by atoms with Gasteiger partial charge < -0.3 is 99.2 Å². The SMILES string of the molecule is CC1O[C@@H](OC2C(O)[C@@H](O)C(CO)O[C@H]2Oc2c(-c3ccc(O)c(O)c3)oc3cc(O[C@@H]4OC(CO)[C@@H](O)[C@H](O)C4O)cc(O)c3c2=O)[C@@H](O)C(O)[C@H]1O. The minimum absolute atomic E-state index is 0.136. The predicted molar refractivity (Wildman–Crippen MR) is 173 cm³/mol. The first kappa shape index (κ1) is 39.8. The predicted octanol–water partition coefficient (Wildman–Crippen LogP) is -4.21. The zero-order chi connectivity index (χ0) is 39.3. The van der Waals surface area contributed by atoms with Crippen molar-refractivity contribution in [3.63, 3.8) is 0 Å². The normalized spacial score (nSPS) is 37.3. The van der Waals surface area contributed by atoms with Crippen molar-refractivity contribution < 1.29 is 99.2 Å². The van der Waals surface area contributed by atoms with Gasteiger partial charge in [-0.05, 0) is 25.1 Å². The lowest BCUT2D eigenvalue weighted by Gasteiger charge is -2.45. The van der Waals surface area contributed by atoms with E-state index in [0.29, 0.717) is 0 Å². The average Bonchev–Trinajstić information content (AvgIpc) is 3.14. The topological polar surface area (TPSA) is 349 Å². The largest absolute Gasteiger partial charge is 0.507 e. The number of fused-ring (bicyclic) bond motifs is 1. The molecule has 0 radical (unpaired) electrons. The molecule has 15 atom stereocenters. The summed E-state index contributed by atoms with van der Waals surface area (Å²) < 4.78 is 39.7. The van der Waals surface area contributed by atoms with Gasteiger partial charge in [0.25, 0.3) is 0 Å². The van der Waals surface area contributed by atoms with E-state index < -0.39 is 150 Å². The van der Waals surface area contributed by atoms with Crippen LogP contribution in [0.2, 0.25) is 0 Å². The summed E-state index contributed by atoms with van der Waals surface area (Å²) >= 11 is 0. The number of phenols is 3. The van der Waals surface area contributed by atoms with E-state index in [0.717, 1.165) is 24.3 Å². The van der Waals surface area contributed by atoms with Crippen molar-refractivity contribution in [3.8, 4) is 40.1 Å². The van der Waals surface area contributed by atoms with Crippen LogP contribution >= 0.6 is 0 Å². The fraction of sp³-hybridized carbons (Fsp3) is 0.545. The van der Waals surface area contributed by atoms with Crippen LogP contribution in [-0.4, -0.2) is 172 Å². The Bertz CT molecular complexity index is 1850. The van der Waals surface area contributed by atoms with E-state index in [9.17, 15) is 71.2 Å². The van der Waals surface area contributed by atoms with Gasteiger partial charge in [0.2, 0.25) is 23.8 Å². The van der Waals surface area contributed by atoms with Crippen molar-refractivity contribution in [1.29, 1.82) is 0 Å². The molecular weight excluding hydrogens is 732 g/mol. The van der Waals surface area contributed by atoms with Crippen LogP contribution in [0.1, 0.15) is 6.92 Å². The van der Waals surface area contributed by atoms with Crippen molar-refractivity contribution in [3.05, 3.63) is 40.6 Å². The van der Waals surface area contributed by atoms with Crippen LogP contribution in [0.25, 0.3) is 22.3 Å². The number of rotatable bonds is 9. The molecule has 0 amide bonds. The van der Waals surface area contributed by atoms with Crippen molar-refractivity contribution in [2.45, 2.75) is 99.0 Å². The number of benzene rings is 2. The third kappa shape index (κ3) is 7.27. The van der Waals surface area contributed by atoms with Gasteiger partial charge in [0, 0.05) is 17.7 Å². The van der Waals surface area contributed by atoms with Crippen LogP contribution in [0.5, 0.6) is 28.7 Å². The summed E-state index contributed by atoms with van der Waals surface area (Å²) in [6, 6.07) is 5.13. The summed E-state index contributed by atoms with van der Waals surface area (Å²) in [5.41, 5.74) is -1.69. The van der Waals surface area contributed by atoms with Gasteiger partial charge in [0.1, 0.15) is 83.5 Å². The first-order valence-electron chi connectivity index (χ1n) is 16.5. The summed E-state index contributed by atoms with van der Waals surface area (Å²) in [4.78, 5) is 14.2. The molecule has 6 rings (SSSR count). The Morgan fingerprint density at radius 2 is 1.24 bits per heavy atom. The summed E-state index contributed by atoms with van der Waals surface area (Å²) in [5, 5.41) is 134. The lowest BCUT2D eigenvalue weighted by Crippen LogP contribution is -2.64. The van der Waals surface area contributed by atoms with Crippen molar-refractivity contribution in [1.82, 2.24) is 0 Å². The molecule has 1 aromatic heterocycles. The summed E-state index contributed by atoms with van der Waals surface area (Å²) in [6.07, 6.45) is -25.8. The van der Waals surface area contributed by atoms with Gasteiger partial charge in [-0.25, -0.2) is 0 Å². The smallest absolute Gasteiger partial charge is 0.239 e. The second-order valence-corrected chi connectivity index (χ2v) is 13.0. The second kappa shape index (κ2) is 15.7. The molecule has 7 unspecified atom stereocenters. The number of hydrogen-bond acceptors (Lipinski definition) is 21. The maximum Gasteiger partial charge on any atom is 0.239 e. The molecule has 0 aliphatic carbocycles. The summed E-state index contributed by atoms with van der Waals surface area (Å²) in [7, 11) is 0. The molecular formula is C33H40O21. The summed E-state index contributed by atoms with van der Waals surface area (Å²) in [6.45, 7) is -0.308. The van der Waals surface area contributed by atoms with Gasteiger partial charge in [-0.1, -0.05) is 0 Å². The van der Waals surface area contributed by atoms with Crippen LogP contribution in [0.15, 0.2) is 39.5 Å². The minimum atomic E-state index is -1.99. The first-order valence-corrected chi connectivity index (χ1v) is 16.5. The van der Waals surface area contributed by atoms with E-state index in [2.05, 4.69) is 0 Å². The van der Waals surface area contributed by atoms with Gasteiger partial charge >= 0.3 is 0 Å². The van der Waals surface area contributed by atoms with Gasteiger partial charge in [-0.3, -0.25) is 4.79 Å². The number of hydrogen-bond donors (Lipinski definition) is 13. The molecule has 298 valence electrons. The molecule has 21 heteroatoms. The molecule has 3 aromatic rings. The Hall–Kier alpha value is -3.91. The highest BCUT2D eigenvalue weighted by Crippen LogP contribution is 2.41. The van der Waals surface area contributed by atoms with Crippen LogP contribution < -0.4 is 14.9 Å². The third-order valence-corrected chi connectivity index (χ3v) is 9.40. The number of aliphatic hydroxyl groups is 10. The summed E-state index contributed by atoms with van der Waals surface area (Å²) in [5.74, 6) is -3.70. The highest BCUT2D eigenvalue weighted by molar-refractivity contribution is 5.88. The van der Waals surface area contributed by atoms with Crippen LogP contribution in [-0.2, 0) is 18.9 Å². The molecule has 3 fully saturated rings. The molecule has 0 saturated carbocycles. The van der Waals surface area contributed by atoms with Crippen molar-refractivity contribution in [2.75, 3.05) is 13.2 Å². The Labute approximate surface area is 303 Å². The highest BCUT2D eigenvalue weighted by Gasteiger charge is 2.51. The van der Waals surface area contributed by atoms with E-state index in [1.165, 1.54) is 13.0 Å². The van der Waals surface area contributed by atoms with E-state index in [4.69, 9.17) is 32.8 Å². The second-order valence-electron chi connectivity index (χ2n) is 13.0. The maximum atomic E-state index is 14.2. The Balaban J connectivity index is 1.43.